The molecule has 134 valence electrons. The van der Waals surface area contributed by atoms with Crippen molar-refractivity contribution in [1.82, 2.24) is 15.6 Å². The number of rotatable bonds is 9. The molecule has 1 saturated carbocycles. The second-order valence-electron chi connectivity index (χ2n) is 6.27. The van der Waals surface area contributed by atoms with Gasteiger partial charge in [-0.2, -0.15) is 0 Å². The molecule has 1 atom stereocenters. The molecule has 0 aliphatic heterocycles. The van der Waals surface area contributed by atoms with Crippen molar-refractivity contribution < 1.29 is 4.74 Å². The van der Waals surface area contributed by atoms with Crippen LogP contribution in [-0.2, 0) is 11.3 Å². The second kappa shape index (κ2) is 11.0. The largest absolute Gasteiger partial charge is 0.378 e. The normalized spacial score (nSPS) is 17.0. The summed E-state index contributed by atoms with van der Waals surface area (Å²) in [4.78, 5) is 8.93. The summed E-state index contributed by atoms with van der Waals surface area (Å²) in [6.07, 6.45) is 8.57. The van der Waals surface area contributed by atoms with Gasteiger partial charge in [-0.3, -0.25) is 4.98 Å². The van der Waals surface area contributed by atoms with Gasteiger partial charge in [-0.1, -0.05) is 18.9 Å². The molecule has 1 fully saturated rings. The molecule has 0 saturated heterocycles. The third-order valence-corrected chi connectivity index (χ3v) is 4.50. The number of hydrogen-bond donors (Lipinski definition) is 2. The van der Waals surface area contributed by atoms with Crippen LogP contribution in [0.2, 0.25) is 0 Å². The van der Waals surface area contributed by atoms with Crippen LogP contribution >= 0.6 is 0 Å². The first-order valence-electron chi connectivity index (χ1n) is 9.37. The highest BCUT2D eigenvalue weighted by molar-refractivity contribution is 5.79. The van der Waals surface area contributed by atoms with Gasteiger partial charge < -0.3 is 15.4 Å². The molecule has 1 unspecified atom stereocenters. The molecule has 2 N–H and O–H groups in total. The smallest absolute Gasteiger partial charge is 0.191 e. The molecule has 0 spiro atoms. The second-order valence-corrected chi connectivity index (χ2v) is 6.27. The van der Waals surface area contributed by atoms with E-state index in [1.165, 1.54) is 25.7 Å². The monoisotopic (exact) mass is 332 g/mol. The van der Waals surface area contributed by atoms with Gasteiger partial charge in [0.05, 0.1) is 18.3 Å². The van der Waals surface area contributed by atoms with Crippen LogP contribution in [0.5, 0.6) is 0 Å². The van der Waals surface area contributed by atoms with Crippen molar-refractivity contribution in [2.24, 2.45) is 10.9 Å². The van der Waals surface area contributed by atoms with Gasteiger partial charge in [0.1, 0.15) is 0 Å². The predicted molar refractivity (Wildman–Crippen MR) is 99.0 cm³/mol. The zero-order valence-corrected chi connectivity index (χ0v) is 15.1. The van der Waals surface area contributed by atoms with E-state index in [0.29, 0.717) is 12.6 Å². The fourth-order valence-electron chi connectivity index (χ4n) is 3.32. The van der Waals surface area contributed by atoms with Gasteiger partial charge >= 0.3 is 0 Å². The summed E-state index contributed by atoms with van der Waals surface area (Å²) in [6.45, 7) is 7.30. The number of nitrogens with one attached hydrogen (secondary N) is 2. The lowest BCUT2D eigenvalue weighted by Crippen LogP contribution is -2.39. The molecule has 1 aromatic rings. The maximum atomic E-state index is 5.99. The van der Waals surface area contributed by atoms with Gasteiger partial charge in [0.25, 0.3) is 0 Å². The van der Waals surface area contributed by atoms with Gasteiger partial charge in [0.2, 0.25) is 0 Å². The molecule has 24 heavy (non-hydrogen) atoms. The minimum absolute atomic E-state index is 0.378. The number of hydrogen-bond acceptors (Lipinski definition) is 3. The Hall–Kier alpha value is -1.62. The van der Waals surface area contributed by atoms with Crippen LogP contribution in [0.3, 0.4) is 0 Å². The summed E-state index contributed by atoms with van der Waals surface area (Å²) < 4.78 is 5.99. The molecule has 0 aromatic carbocycles. The molecule has 1 heterocycles. The number of aliphatic imine (C=N–C) groups is 1. The summed E-state index contributed by atoms with van der Waals surface area (Å²) in [5.74, 6) is 1.59. The van der Waals surface area contributed by atoms with E-state index in [2.05, 4.69) is 34.5 Å². The first kappa shape index (κ1) is 18.7. The standard InChI is InChI=1S/C19H32N4O/c1-3-20-19(23-15-17-11-7-8-13-21-17)22-14-12-18(24-4-2)16-9-5-6-10-16/h7-8,11,13,16,18H,3-6,9-10,12,14-15H2,1-2H3,(H2,20,22,23). The van der Waals surface area contributed by atoms with Crippen LogP contribution < -0.4 is 10.6 Å². The summed E-state index contributed by atoms with van der Waals surface area (Å²) in [5, 5.41) is 6.73. The van der Waals surface area contributed by atoms with Crippen molar-refractivity contribution >= 4 is 5.96 Å². The van der Waals surface area contributed by atoms with Gasteiger partial charge in [-0.15, -0.1) is 0 Å². The molecule has 0 bridgehead atoms. The molecule has 1 aliphatic rings. The molecule has 1 aliphatic carbocycles. The third kappa shape index (κ3) is 6.48. The number of guanidine groups is 1. The molecule has 5 nitrogen and oxygen atoms in total. The highest BCUT2D eigenvalue weighted by atomic mass is 16.5. The van der Waals surface area contributed by atoms with Crippen molar-refractivity contribution in [3.8, 4) is 0 Å². The topological polar surface area (TPSA) is 58.5 Å². The van der Waals surface area contributed by atoms with Crippen molar-refractivity contribution in [3.05, 3.63) is 30.1 Å². The highest BCUT2D eigenvalue weighted by Crippen LogP contribution is 2.30. The Morgan fingerprint density at radius 3 is 2.79 bits per heavy atom. The minimum atomic E-state index is 0.378. The predicted octanol–water partition coefficient (Wildman–Crippen LogP) is 3.12. The fourth-order valence-corrected chi connectivity index (χ4v) is 3.32. The van der Waals surface area contributed by atoms with Crippen molar-refractivity contribution in [2.75, 3.05) is 19.7 Å². The molecule has 0 amide bonds. The number of aromatic nitrogens is 1. The maximum absolute atomic E-state index is 5.99. The van der Waals surface area contributed by atoms with E-state index in [1.807, 2.05) is 18.2 Å². The lowest BCUT2D eigenvalue weighted by molar-refractivity contribution is 0.0169. The van der Waals surface area contributed by atoms with E-state index >= 15 is 0 Å². The Morgan fingerprint density at radius 2 is 2.12 bits per heavy atom. The molecule has 1 aromatic heterocycles. The van der Waals surface area contributed by atoms with Crippen LogP contribution in [-0.4, -0.2) is 36.7 Å². The minimum Gasteiger partial charge on any atom is -0.378 e. The van der Waals surface area contributed by atoms with Crippen molar-refractivity contribution in [2.45, 2.75) is 58.6 Å². The van der Waals surface area contributed by atoms with E-state index in [9.17, 15) is 0 Å². The van der Waals surface area contributed by atoms with Gasteiger partial charge in [0, 0.05) is 25.9 Å². The molecular formula is C19H32N4O. The number of pyridine rings is 1. The van der Waals surface area contributed by atoms with E-state index in [0.717, 1.165) is 43.7 Å². The van der Waals surface area contributed by atoms with Crippen LogP contribution in [0.1, 0.15) is 51.6 Å². The van der Waals surface area contributed by atoms with E-state index in [4.69, 9.17) is 4.74 Å². The van der Waals surface area contributed by atoms with Gasteiger partial charge in [-0.25, -0.2) is 4.99 Å². The Balaban J connectivity index is 1.81. The molecule has 0 radical (unpaired) electrons. The van der Waals surface area contributed by atoms with Crippen LogP contribution in [0, 0.1) is 5.92 Å². The Morgan fingerprint density at radius 1 is 1.29 bits per heavy atom. The summed E-state index contributed by atoms with van der Waals surface area (Å²) >= 11 is 0. The van der Waals surface area contributed by atoms with Gasteiger partial charge in [0.15, 0.2) is 5.96 Å². The van der Waals surface area contributed by atoms with E-state index in [-0.39, 0.29) is 0 Å². The number of ether oxygens (including phenoxy) is 1. The molecule has 5 heteroatoms. The Kier molecular flexibility index (Phi) is 8.60. The first-order valence-corrected chi connectivity index (χ1v) is 9.37. The van der Waals surface area contributed by atoms with E-state index < -0.39 is 0 Å². The highest BCUT2D eigenvalue weighted by Gasteiger charge is 2.24. The summed E-state index contributed by atoms with van der Waals surface area (Å²) in [7, 11) is 0. The van der Waals surface area contributed by atoms with E-state index in [1.54, 1.807) is 6.20 Å². The Labute approximate surface area is 146 Å². The average molecular weight is 332 g/mol. The fraction of sp³-hybridized carbons (Fsp3) is 0.684. The zero-order valence-electron chi connectivity index (χ0n) is 15.1. The average Bonchev–Trinajstić information content (AvgIpc) is 3.14. The summed E-state index contributed by atoms with van der Waals surface area (Å²) in [6, 6.07) is 5.92. The van der Waals surface area contributed by atoms with Crippen molar-refractivity contribution in [1.29, 1.82) is 0 Å². The molecule has 2 rings (SSSR count). The Bertz CT molecular complexity index is 472. The molecular weight excluding hydrogens is 300 g/mol. The summed E-state index contributed by atoms with van der Waals surface area (Å²) in [5.41, 5.74) is 0.979. The quantitative estimate of drug-likeness (QED) is 0.539. The van der Waals surface area contributed by atoms with Crippen molar-refractivity contribution in [3.63, 3.8) is 0 Å². The first-order chi connectivity index (χ1) is 11.8. The number of nitrogens with zero attached hydrogens (tertiary/aromatic N) is 2. The maximum Gasteiger partial charge on any atom is 0.191 e. The van der Waals surface area contributed by atoms with Crippen LogP contribution in [0.25, 0.3) is 0 Å². The lowest BCUT2D eigenvalue weighted by Gasteiger charge is -2.24. The van der Waals surface area contributed by atoms with Crippen LogP contribution in [0.4, 0.5) is 0 Å². The SMILES string of the molecule is CCNC(=NCc1ccccn1)NCCC(OCC)C1CCCC1. The third-order valence-electron chi connectivity index (χ3n) is 4.50. The van der Waals surface area contributed by atoms with Gasteiger partial charge in [-0.05, 0) is 51.2 Å². The van der Waals surface area contributed by atoms with Crippen LogP contribution in [0.15, 0.2) is 29.4 Å². The zero-order chi connectivity index (χ0) is 17.0. The lowest BCUT2D eigenvalue weighted by atomic mass is 9.98.